The molecule has 0 atom stereocenters. The maximum Gasteiger partial charge on any atom is 3.00 e. The molecule has 61 heavy (non-hydrogen) atoms. The summed E-state index contributed by atoms with van der Waals surface area (Å²) in [5.41, 5.74) is 0. The van der Waals surface area contributed by atoms with Crippen LogP contribution in [0.1, 0.15) is 273 Å². The van der Waals surface area contributed by atoms with Crippen molar-refractivity contribution in [2.75, 3.05) is 39.3 Å². The Hall–Kier alpha value is 1.15. The van der Waals surface area contributed by atoms with Crippen molar-refractivity contribution in [2.45, 2.75) is 273 Å². The van der Waals surface area contributed by atoms with Gasteiger partial charge in [0.1, 0.15) is 0 Å². The molecule has 0 aliphatic carbocycles. The molecule has 0 aromatic carbocycles. The smallest absolute Gasteiger partial charge is 0.411 e. The van der Waals surface area contributed by atoms with E-state index >= 15 is 0 Å². The van der Waals surface area contributed by atoms with Crippen molar-refractivity contribution in [1.82, 2.24) is 14.7 Å². The fourth-order valence-corrected chi connectivity index (χ4v) is 8.48. The third-order valence-corrected chi connectivity index (χ3v) is 13.0. The zero-order valence-electron chi connectivity index (χ0n) is 41.4. The summed E-state index contributed by atoms with van der Waals surface area (Å²) in [5.74, 6) is 0. The van der Waals surface area contributed by atoms with Gasteiger partial charge in [0.2, 0.25) is 0 Å². The molecule has 0 unspecified atom stereocenters. The van der Waals surface area contributed by atoms with Crippen LogP contribution in [-0.2, 0) is 37.9 Å². The SMILES string of the molecule is CCCCCCCCN(CCCCCCCC)C(=S)[S-].CCCCCCCCN(CCCCCCCC)C(=S)[S-].CCCCCCCCN(CCCCCCCC)C(=S)[S-].[Sb+3]. The maximum atomic E-state index is 5.20. The molecule has 0 heterocycles. The molecule has 0 bridgehead atoms. The Morgan fingerprint density at radius 1 is 0.246 bits per heavy atom. The van der Waals surface area contributed by atoms with Gasteiger partial charge in [0.25, 0.3) is 0 Å². The first kappa shape index (κ1) is 68.7. The van der Waals surface area contributed by atoms with E-state index in [9.17, 15) is 0 Å². The molecule has 0 aromatic rings. The Kier molecular flexibility index (Phi) is 66.7. The van der Waals surface area contributed by atoms with E-state index in [4.69, 9.17) is 74.5 Å². The van der Waals surface area contributed by atoms with Crippen molar-refractivity contribution < 1.29 is 0 Å². The minimum absolute atomic E-state index is 0. The zero-order valence-corrected chi connectivity index (χ0v) is 48.9. The topological polar surface area (TPSA) is 9.72 Å². The van der Waals surface area contributed by atoms with Gasteiger partial charge in [-0.1, -0.05) is 247 Å². The average Bonchev–Trinajstić information content (AvgIpc) is 3.23. The van der Waals surface area contributed by atoms with Crippen molar-refractivity contribution in [3.8, 4) is 0 Å². The van der Waals surface area contributed by atoms with Crippen LogP contribution in [0.25, 0.3) is 0 Å². The molecule has 2 radical (unpaired) electrons. The Balaban J connectivity index is -0.000000396. The van der Waals surface area contributed by atoms with Crippen LogP contribution in [-0.4, -0.2) is 91.4 Å². The second-order valence-electron chi connectivity index (χ2n) is 17.4. The van der Waals surface area contributed by atoms with Gasteiger partial charge in [0, 0.05) is 39.3 Å². The van der Waals surface area contributed by atoms with Crippen molar-refractivity contribution in [3.63, 3.8) is 0 Å². The van der Waals surface area contributed by atoms with Crippen LogP contribution in [0, 0.1) is 0 Å². The van der Waals surface area contributed by atoms with E-state index in [0.717, 1.165) is 39.3 Å². The normalized spacial score (nSPS) is 10.5. The van der Waals surface area contributed by atoms with Gasteiger partial charge in [-0.15, -0.1) is 0 Å². The predicted octanol–water partition coefficient (Wildman–Crippen LogP) is 17.1. The van der Waals surface area contributed by atoms with E-state index in [0.29, 0.717) is 13.0 Å². The molecule has 3 nitrogen and oxygen atoms in total. The first-order chi connectivity index (χ1) is 29.2. The minimum Gasteiger partial charge on any atom is -0.411 e. The molecule has 0 aliphatic heterocycles. The van der Waals surface area contributed by atoms with Crippen molar-refractivity contribution in [1.29, 1.82) is 0 Å². The maximum absolute atomic E-state index is 5.20. The van der Waals surface area contributed by atoms with Crippen molar-refractivity contribution in [2.24, 2.45) is 0 Å². The molecule has 0 amide bonds. The number of rotatable bonds is 42. The van der Waals surface area contributed by atoms with E-state index in [1.54, 1.807) is 0 Å². The fraction of sp³-hybridized carbons (Fsp3) is 0.941. The number of thiocarbonyl (C=S) groups is 3. The van der Waals surface area contributed by atoms with Crippen LogP contribution in [0.4, 0.5) is 0 Å². The molecule has 0 saturated heterocycles. The summed E-state index contributed by atoms with van der Waals surface area (Å²) < 4.78 is 2.02. The summed E-state index contributed by atoms with van der Waals surface area (Å²) in [6, 6.07) is 0. The Labute approximate surface area is 434 Å². The standard InChI is InChI=1S/3C17H35NS2.Sb/c3*1-3-5-7-9-11-13-15-18(17(19)20)16-14-12-10-8-6-4-2;/h3*3-16H2,1-2H3,(H,19,20);/q;;;+3/p-3. The van der Waals surface area contributed by atoms with Gasteiger partial charge in [0.15, 0.2) is 0 Å². The van der Waals surface area contributed by atoms with Crippen LogP contribution in [0.2, 0.25) is 0 Å². The summed E-state index contributed by atoms with van der Waals surface area (Å²) >= 11 is 31.2. The quantitative estimate of drug-likeness (QED) is 0.0254. The van der Waals surface area contributed by atoms with E-state index < -0.39 is 0 Å². The van der Waals surface area contributed by atoms with E-state index in [-0.39, 0.29) is 24.4 Å². The number of hydrogen-bond acceptors (Lipinski definition) is 6. The summed E-state index contributed by atoms with van der Waals surface area (Å²) in [4.78, 5) is 6.72. The molecule has 10 heteroatoms. The first-order valence-electron chi connectivity index (χ1n) is 26.0. The van der Waals surface area contributed by atoms with Crippen molar-refractivity contribution >= 4 is 112 Å². The second-order valence-corrected chi connectivity index (χ2v) is 20.5. The van der Waals surface area contributed by atoms with Gasteiger partial charge < -0.3 is 89.2 Å². The summed E-state index contributed by atoms with van der Waals surface area (Å²) in [5, 5.41) is 0. The third kappa shape index (κ3) is 57.2. The van der Waals surface area contributed by atoms with Crippen LogP contribution in [0.3, 0.4) is 0 Å². The number of unbranched alkanes of at least 4 members (excludes halogenated alkanes) is 30. The molecule has 0 rings (SSSR count). The molecule has 0 N–H and O–H groups in total. The van der Waals surface area contributed by atoms with Crippen molar-refractivity contribution in [3.05, 3.63) is 0 Å². The third-order valence-electron chi connectivity index (χ3n) is 11.5. The zero-order chi connectivity index (χ0) is 45.2. The van der Waals surface area contributed by atoms with Gasteiger partial charge >= 0.3 is 24.4 Å². The fourth-order valence-electron chi connectivity index (χ4n) is 7.38. The summed E-state index contributed by atoms with van der Waals surface area (Å²) in [6.07, 6.45) is 48.1. The van der Waals surface area contributed by atoms with Gasteiger partial charge in [-0.25, -0.2) is 0 Å². The van der Waals surface area contributed by atoms with Gasteiger partial charge in [-0.2, -0.15) is 0 Å². The Morgan fingerprint density at radius 2 is 0.361 bits per heavy atom. The largest absolute Gasteiger partial charge is 3.00 e. The predicted molar refractivity (Wildman–Crippen MR) is 301 cm³/mol. The molecule has 0 spiro atoms. The second kappa shape index (κ2) is 59.2. The van der Waals surface area contributed by atoms with Crippen LogP contribution in [0.15, 0.2) is 0 Å². The monoisotopic (exact) mass is 1070 g/mol. The van der Waals surface area contributed by atoms with E-state index in [1.807, 2.05) is 0 Å². The first-order valence-corrected chi connectivity index (χ1v) is 28.5. The van der Waals surface area contributed by atoms with Gasteiger partial charge in [-0.05, 0) is 38.5 Å². The molecule has 362 valence electrons. The number of nitrogens with zero attached hydrogens (tertiary/aromatic N) is 3. The molecular weight excluding hydrogens is 969 g/mol. The molecule has 0 aliphatic rings. The van der Waals surface area contributed by atoms with Crippen LogP contribution >= 0.6 is 36.7 Å². The van der Waals surface area contributed by atoms with Crippen LogP contribution in [0.5, 0.6) is 0 Å². The summed E-state index contributed by atoms with van der Waals surface area (Å²) in [6.45, 7) is 20.0. The van der Waals surface area contributed by atoms with E-state index in [1.165, 1.54) is 231 Å². The summed E-state index contributed by atoms with van der Waals surface area (Å²) in [7, 11) is 0. The van der Waals surface area contributed by atoms with E-state index in [2.05, 4.69) is 56.2 Å². The van der Waals surface area contributed by atoms with Crippen LogP contribution < -0.4 is 0 Å². The number of hydrogen-bond donors (Lipinski definition) is 0. The minimum atomic E-state index is 0. The molecular formula is C51H102N3S6Sb. The molecule has 0 fully saturated rings. The van der Waals surface area contributed by atoms with Gasteiger partial charge in [-0.3, -0.25) is 0 Å². The molecule has 0 saturated carbocycles. The Morgan fingerprint density at radius 3 is 0.475 bits per heavy atom. The van der Waals surface area contributed by atoms with Gasteiger partial charge in [0.05, 0.1) is 0 Å². The average molecular weight is 1070 g/mol. The molecule has 0 aromatic heterocycles. The Bertz CT molecular complexity index is 726.